The van der Waals surface area contributed by atoms with E-state index < -0.39 is 5.97 Å². The van der Waals surface area contributed by atoms with E-state index in [1.807, 2.05) is 6.92 Å². The molecule has 1 aromatic carbocycles. The Hall–Kier alpha value is -2.19. The van der Waals surface area contributed by atoms with Crippen molar-refractivity contribution in [2.75, 3.05) is 5.32 Å². The number of hydrogen-bond donors (Lipinski definition) is 3. The first kappa shape index (κ1) is 18.2. The molecule has 1 amide bonds. The second-order valence-electron chi connectivity index (χ2n) is 4.91. The maximum Gasteiger partial charge on any atom is 0.371 e. The molecule has 24 heavy (non-hydrogen) atoms. The summed E-state index contributed by atoms with van der Waals surface area (Å²) in [6.07, 6.45) is 1.11. The summed E-state index contributed by atoms with van der Waals surface area (Å²) in [5.74, 6) is -1.09. The smallest absolute Gasteiger partial charge is 0.371 e. The molecule has 3 N–H and O–H groups in total. The van der Waals surface area contributed by atoms with Gasteiger partial charge in [-0.2, -0.15) is 0 Å². The Labute approximate surface area is 152 Å². The third-order valence-corrected chi connectivity index (χ3v) is 3.74. The molecule has 0 radical (unpaired) electrons. The van der Waals surface area contributed by atoms with Gasteiger partial charge < -0.3 is 20.2 Å². The molecule has 8 heteroatoms. The first-order valence-corrected chi connectivity index (χ1v) is 8.34. The molecule has 2 aromatic rings. The highest BCUT2D eigenvalue weighted by molar-refractivity contribution is 9.10. The minimum atomic E-state index is -1.14. The van der Waals surface area contributed by atoms with Gasteiger partial charge in [0.15, 0.2) is 5.11 Å². The van der Waals surface area contributed by atoms with Gasteiger partial charge in [0.25, 0.3) is 0 Å². The molecule has 0 saturated heterocycles. The van der Waals surface area contributed by atoms with E-state index in [1.54, 1.807) is 24.3 Å². The Morgan fingerprint density at radius 3 is 2.67 bits per heavy atom. The van der Waals surface area contributed by atoms with Crippen LogP contribution < -0.4 is 10.6 Å². The monoisotopic (exact) mass is 410 g/mol. The Kier molecular flexibility index (Phi) is 6.10. The van der Waals surface area contributed by atoms with Crippen LogP contribution in [0.5, 0.6) is 0 Å². The van der Waals surface area contributed by atoms with Crippen LogP contribution in [-0.4, -0.2) is 22.1 Å². The summed E-state index contributed by atoms with van der Waals surface area (Å²) < 4.78 is 6.12. The van der Waals surface area contributed by atoms with Crippen LogP contribution in [0, 0.1) is 0 Å². The third-order valence-electron chi connectivity index (χ3n) is 3.04. The van der Waals surface area contributed by atoms with Crippen molar-refractivity contribution in [2.24, 2.45) is 0 Å². The molecule has 126 valence electrons. The second-order valence-corrected chi connectivity index (χ2v) is 6.24. The zero-order valence-corrected chi connectivity index (χ0v) is 15.2. The number of benzene rings is 1. The summed E-state index contributed by atoms with van der Waals surface area (Å²) >= 11 is 8.51. The normalized spacial score (nSPS) is 10.2. The molecule has 0 aliphatic heterocycles. The molecule has 1 heterocycles. The van der Waals surface area contributed by atoms with Gasteiger partial charge in [-0.05, 0) is 49.0 Å². The molecule has 0 aliphatic rings. The van der Waals surface area contributed by atoms with Crippen LogP contribution in [0.2, 0.25) is 0 Å². The summed E-state index contributed by atoms with van der Waals surface area (Å²) in [5.41, 5.74) is 1.20. The number of carbonyl (C=O) groups is 2. The number of carbonyl (C=O) groups excluding carboxylic acids is 1. The largest absolute Gasteiger partial charge is 0.475 e. The van der Waals surface area contributed by atoms with Gasteiger partial charge in [0.05, 0.1) is 5.69 Å². The highest BCUT2D eigenvalue weighted by atomic mass is 79.9. The lowest BCUT2D eigenvalue weighted by Crippen LogP contribution is -2.33. The number of thiocarbonyl (C=S) groups is 1. The summed E-state index contributed by atoms with van der Waals surface area (Å²) in [7, 11) is 0. The molecule has 0 saturated carbocycles. The van der Waals surface area contributed by atoms with E-state index in [1.165, 1.54) is 6.07 Å². The standard InChI is InChI=1S/C16H15BrN2O4S/c1-2-3-14(20)19-16(24)18-11-8-9(17)4-5-10(11)12-6-7-13(23-12)15(21)22/h4-8H,2-3H2,1H3,(H,21,22)(H2,18,19,20,24). The second kappa shape index (κ2) is 8.07. The Morgan fingerprint density at radius 1 is 1.29 bits per heavy atom. The fourth-order valence-electron chi connectivity index (χ4n) is 2.00. The predicted molar refractivity (Wildman–Crippen MR) is 98.1 cm³/mol. The van der Waals surface area contributed by atoms with Gasteiger partial charge >= 0.3 is 5.97 Å². The molecular formula is C16H15BrN2O4S. The van der Waals surface area contributed by atoms with Crippen molar-refractivity contribution in [3.8, 4) is 11.3 Å². The van der Waals surface area contributed by atoms with Crippen LogP contribution in [0.1, 0.15) is 30.3 Å². The number of amides is 1. The highest BCUT2D eigenvalue weighted by Gasteiger charge is 2.15. The van der Waals surface area contributed by atoms with Crippen LogP contribution in [0.15, 0.2) is 39.2 Å². The quantitative estimate of drug-likeness (QED) is 0.644. The van der Waals surface area contributed by atoms with E-state index in [-0.39, 0.29) is 16.8 Å². The third kappa shape index (κ3) is 4.65. The minimum Gasteiger partial charge on any atom is -0.475 e. The lowest BCUT2D eigenvalue weighted by atomic mass is 10.1. The molecule has 2 rings (SSSR count). The highest BCUT2D eigenvalue weighted by Crippen LogP contribution is 2.32. The van der Waals surface area contributed by atoms with E-state index in [2.05, 4.69) is 26.6 Å². The van der Waals surface area contributed by atoms with Gasteiger partial charge in [-0.1, -0.05) is 22.9 Å². The average Bonchev–Trinajstić information content (AvgIpc) is 2.97. The van der Waals surface area contributed by atoms with Crippen molar-refractivity contribution in [1.29, 1.82) is 0 Å². The summed E-state index contributed by atoms with van der Waals surface area (Å²) in [6.45, 7) is 1.90. The zero-order valence-electron chi connectivity index (χ0n) is 12.8. The van der Waals surface area contributed by atoms with Gasteiger partial charge in [-0.25, -0.2) is 4.79 Å². The molecule has 6 nitrogen and oxygen atoms in total. The molecule has 0 unspecified atom stereocenters. The van der Waals surface area contributed by atoms with Gasteiger partial charge in [0.1, 0.15) is 5.76 Å². The number of aromatic carboxylic acids is 1. The number of nitrogens with one attached hydrogen (secondary N) is 2. The van der Waals surface area contributed by atoms with Gasteiger partial charge in [-0.15, -0.1) is 0 Å². The molecule has 0 fully saturated rings. The summed E-state index contributed by atoms with van der Waals surface area (Å²) in [4.78, 5) is 22.6. The maximum absolute atomic E-state index is 11.6. The Bertz CT molecular complexity index is 788. The van der Waals surface area contributed by atoms with E-state index in [4.69, 9.17) is 21.7 Å². The van der Waals surface area contributed by atoms with Crippen molar-refractivity contribution < 1.29 is 19.1 Å². The van der Waals surface area contributed by atoms with Crippen molar-refractivity contribution in [2.45, 2.75) is 19.8 Å². The Balaban J connectivity index is 2.25. The number of rotatable bonds is 5. The lowest BCUT2D eigenvalue weighted by Gasteiger charge is -2.13. The molecular weight excluding hydrogens is 396 g/mol. The van der Waals surface area contributed by atoms with E-state index in [9.17, 15) is 9.59 Å². The molecule has 0 spiro atoms. The number of anilines is 1. The zero-order chi connectivity index (χ0) is 17.7. The van der Waals surface area contributed by atoms with Crippen molar-refractivity contribution in [3.05, 3.63) is 40.6 Å². The number of hydrogen-bond acceptors (Lipinski definition) is 4. The molecule has 0 bridgehead atoms. The molecule has 0 aliphatic carbocycles. The Morgan fingerprint density at radius 2 is 2.04 bits per heavy atom. The van der Waals surface area contributed by atoms with Gasteiger partial charge in [0, 0.05) is 16.5 Å². The first-order valence-electron chi connectivity index (χ1n) is 7.14. The lowest BCUT2D eigenvalue weighted by molar-refractivity contribution is -0.119. The summed E-state index contributed by atoms with van der Waals surface area (Å²) in [6, 6.07) is 8.26. The van der Waals surface area contributed by atoms with Crippen LogP contribution in [0.3, 0.4) is 0 Å². The van der Waals surface area contributed by atoms with Crippen molar-refractivity contribution >= 4 is 50.8 Å². The van der Waals surface area contributed by atoms with Gasteiger partial charge in [0.2, 0.25) is 11.7 Å². The van der Waals surface area contributed by atoms with E-state index >= 15 is 0 Å². The van der Waals surface area contributed by atoms with Crippen LogP contribution in [0.25, 0.3) is 11.3 Å². The van der Waals surface area contributed by atoms with Crippen molar-refractivity contribution in [3.63, 3.8) is 0 Å². The minimum absolute atomic E-state index is 0.155. The SMILES string of the molecule is CCCC(=O)NC(=S)Nc1cc(Br)ccc1-c1ccc(C(=O)O)o1. The topological polar surface area (TPSA) is 91.6 Å². The first-order chi connectivity index (χ1) is 11.4. The number of furan rings is 1. The fourth-order valence-corrected chi connectivity index (χ4v) is 2.59. The van der Waals surface area contributed by atoms with E-state index in [0.29, 0.717) is 23.4 Å². The summed E-state index contributed by atoms with van der Waals surface area (Å²) in [5, 5.41) is 14.7. The average molecular weight is 411 g/mol. The van der Waals surface area contributed by atoms with E-state index in [0.717, 1.165) is 10.9 Å². The number of halogens is 1. The van der Waals surface area contributed by atoms with Crippen LogP contribution in [0.4, 0.5) is 5.69 Å². The van der Waals surface area contributed by atoms with Gasteiger partial charge in [-0.3, -0.25) is 4.79 Å². The van der Waals surface area contributed by atoms with Crippen LogP contribution in [-0.2, 0) is 4.79 Å². The maximum atomic E-state index is 11.6. The van der Waals surface area contributed by atoms with Crippen molar-refractivity contribution in [1.82, 2.24) is 5.32 Å². The molecule has 1 aromatic heterocycles. The fraction of sp³-hybridized carbons (Fsp3) is 0.188. The predicted octanol–water partition coefficient (Wildman–Crippen LogP) is 4.02. The number of carboxylic acids is 1. The molecule has 0 atom stereocenters. The number of carboxylic acid groups (broad SMARTS) is 1. The van der Waals surface area contributed by atoms with Crippen LogP contribution >= 0.6 is 28.1 Å².